The number of fused-ring (bicyclic) bond motifs is 1. The minimum Gasteiger partial charge on any atom is -0.496 e. The first kappa shape index (κ1) is 25.5. The molecule has 2 aliphatic heterocycles. The lowest BCUT2D eigenvalue weighted by Crippen LogP contribution is -2.45. The van der Waals surface area contributed by atoms with E-state index in [9.17, 15) is 4.79 Å². The molecule has 2 heterocycles. The molecule has 33 heavy (non-hydrogen) atoms. The molecule has 9 nitrogen and oxygen atoms in total. The SMILES string of the molecule is COCOCC1c2c(cccc2OC)C=C(CN(C)CC2OCCO2)N1C(=O)OC(C)(C)C. The fourth-order valence-corrected chi connectivity index (χ4v) is 3.99. The summed E-state index contributed by atoms with van der Waals surface area (Å²) < 4.78 is 33.4. The summed E-state index contributed by atoms with van der Waals surface area (Å²) in [4.78, 5) is 17.2. The summed E-state index contributed by atoms with van der Waals surface area (Å²) in [5, 5.41) is 0. The number of methoxy groups -OCH3 is 2. The van der Waals surface area contributed by atoms with E-state index in [-0.39, 0.29) is 19.7 Å². The summed E-state index contributed by atoms with van der Waals surface area (Å²) in [6, 6.07) is 5.38. The third-order valence-corrected chi connectivity index (χ3v) is 5.25. The second kappa shape index (κ2) is 11.3. The van der Waals surface area contributed by atoms with Crippen LogP contribution >= 0.6 is 0 Å². The Bertz CT molecular complexity index is 831. The van der Waals surface area contributed by atoms with E-state index < -0.39 is 17.7 Å². The van der Waals surface area contributed by atoms with Crippen LogP contribution in [-0.2, 0) is 23.7 Å². The lowest BCUT2D eigenvalue weighted by Gasteiger charge is -2.40. The molecule has 3 rings (SSSR count). The number of amides is 1. The maximum atomic E-state index is 13.5. The van der Waals surface area contributed by atoms with Crippen molar-refractivity contribution in [3.05, 3.63) is 35.0 Å². The topological polar surface area (TPSA) is 78.9 Å². The summed E-state index contributed by atoms with van der Waals surface area (Å²) >= 11 is 0. The van der Waals surface area contributed by atoms with E-state index in [4.69, 9.17) is 28.4 Å². The molecule has 0 radical (unpaired) electrons. The van der Waals surface area contributed by atoms with E-state index >= 15 is 0 Å². The number of benzene rings is 1. The van der Waals surface area contributed by atoms with Crippen LogP contribution in [0.5, 0.6) is 5.75 Å². The van der Waals surface area contributed by atoms with Gasteiger partial charge in [-0.3, -0.25) is 9.80 Å². The smallest absolute Gasteiger partial charge is 0.415 e. The normalized spacial score (nSPS) is 18.9. The molecule has 1 fully saturated rings. The fourth-order valence-electron chi connectivity index (χ4n) is 3.99. The summed E-state index contributed by atoms with van der Waals surface area (Å²) in [5.41, 5.74) is 1.97. The van der Waals surface area contributed by atoms with E-state index in [0.717, 1.165) is 16.8 Å². The van der Waals surface area contributed by atoms with Gasteiger partial charge in [0.25, 0.3) is 0 Å². The summed E-state index contributed by atoms with van der Waals surface area (Å²) in [7, 11) is 5.15. The van der Waals surface area contributed by atoms with Crippen molar-refractivity contribution in [2.24, 2.45) is 0 Å². The zero-order chi connectivity index (χ0) is 24.0. The molecule has 0 spiro atoms. The Labute approximate surface area is 196 Å². The van der Waals surface area contributed by atoms with E-state index in [2.05, 4.69) is 4.90 Å². The van der Waals surface area contributed by atoms with Crippen LogP contribution in [0.3, 0.4) is 0 Å². The van der Waals surface area contributed by atoms with Crippen molar-refractivity contribution < 1.29 is 33.2 Å². The minimum atomic E-state index is -0.654. The molecule has 0 N–H and O–H groups in total. The van der Waals surface area contributed by atoms with E-state index in [1.165, 1.54) is 0 Å². The number of carbonyl (C=O) groups excluding carboxylic acids is 1. The largest absolute Gasteiger partial charge is 0.496 e. The molecule has 1 aromatic carbocycles. The number of likely N-dealkylation sites (N-methyl/N-ethyl adjacent to an activating group) is 1. The third kappa shape index (κ3) is 6.68. The maximum Gasteiger partial charge on any atom is 0.415 e. The van der Waals surface area contributed by atoms with Gasteiger partial charge in [0, 0.05) is 31.5 Å². The number of nitrogens with zero attached hydrogens (tertiary/aromatic N) is 2. The van der Waals surface area contributed by atoms with E-state index in [0.29, 0.717) is 32.1 Å². The van der Waals surface area contributed by atoms with Crippen molar-refractivity contribution in [2.45, 2.75) is 38.7 Å². The summed E-state index contributed by atoms with van der Waals surface area (Å²) in [6.45, 7) is 8.14. The molecule has 1 aromatic rings. The predicted octanol–water partition coefficient (Wildman–Crippen LogP) is 3.25. The summed E-state index contributed by atoms with van der Waals surface area (Å²) in [6.07, 6.45) is 1.28. The molecular weight excluding hydrogens is 428 g/mol. The highest BCUT2D eigenvalue weighted by Crippen LogP contribution is 2.41. The molecule has 9 heteroatoms. The summed E-state index contributed by atoms with van der Waals surface area (Å²) in [5.74, 6) is 0.684. The van der Waals surface area contributed by atoms with Crippen LogP contribution < -0.4 is 4.74 Å². The second-order valence-corrected chi connectivity index (χ2v) is 9.11. The maximum absolute atomic E-state index is 13.5. The Balaban J connectivity index is 1.97. The first-order valence-electron chi connectivity index (χ1n) is 11.1. The highest BCUT2D eigenvalue weighted by Gasteiger charge is 2.38. The zero-order valence-electron chi connectivity index (χ0n) is 20.5. The minimum absolute atomic E-state index is 0.110. The van der Waals surface area contributed by atoms with Gasteiger partial charge in [-0.15, -0.1) is 0 Å². The lowest BCUT2D eigenvalue weighted by molar-refractivity contribution is -0.0605. The van der Waals surface area contributed by atoms with Gasteiger partial charge < -0.3 is 28.4 Å². The van der Waals surface area contributed by atoms with Crippen LogP contribution in [0.4, 0.5) is 4.79 Å². The lowest BCUT2D eigenvalue weighted by atomic mass is 9.93. The van der Waals surface area contributed by atoms with Gasteiger partial charge in [0.05, 0.1) is 33.0 Å². The monoisotopic (exact) mass is 464 g/mol. The fraction of sp³-hybridized carbons (Fsp3) is 0.625. The van der Waals surface area contributed by atoms with Gasteiger partial charge >= 0.3 is 6.09 Å². The number of carbonyl (C=O) groups is 1. The first-order valence-corrected chi connectivity index (χ1v) is 11.1. The number of ether oxygens (including phenoxy) is 6. The van der Waals surface area contributed by atoms with Crippen molar-refractivity contribution in [3.63, 3.8) is 0 Å². The van der Waals surface area contributed by atoms with Crippen LogP contribution in [0.2, 0.25) is 0 Å². The molecule has 1 atom stereocenters. The average Bonchev–Trinajstić information content (AvgIpc) is 3.24. The molecule has 2 aliphatic rings. The van der Waals surface area contributed by atoms with Gasteiger partial charge in [0.15, 0.2) is 6.29 Å². The quantitative estimate of drug-likeness (QED) is 0.407. The molecule has 1 unspecified atom stereocenters. The van der Waals surface area contributed by atoms with Crippen LogP contribution in [0, 0.1) is 0 Å². The van der Waals surface area contributed by atoms with Gasteiger partial charge in [0.1, 0.15) is 18.1 Å². The first-order chi connectivity index (χ1) is 15.7. The van der Waals surface area contributed by atoms with Crippen LogP contribution in [0.1, 0.15) is 37.9 Å². The number of hydrogen-bond acceptors (Lipinski definition) is 8. The predicted molar refractivity (Wildman–Crippen MR) is 123 cm³/mol. The van der Waals surface area contributed by atoms with Gasteiger partial charge in [-0.1, -0.05) is 12.1 Å². The Morgan fingerprint density at radius 2 is 1.94 bits per heavy atom. The van der Waals surface area contributed by atoms with Crippen LogP contribution in [-0.4, -0.2) is 88.8 Å². The molecule has 0 saturated carbocycles. The molecule has 184 valence electrons. The van der Waals surface area contributed by atoms with Crippen molar-refractivity contribution >= 4 is 12.2 Å². The second-order valence-electron chi connectivity index (χ2n) is 9.11. The molecule has 1 saturated heterocycles. The van der Waals surface area contributed by atoms with Crippen molar-refractivity contribution in [1.29, 1.82) is 0 Å². The van der Waals surface area contributed by atoms with Crippen molar-refractivity contribution in [3.8, 4) is 5.75 Å². The Morgan fingerprint density at radius 1 is 1.21 bits per heavy atom. The highest BCUT2D eigenvalue weighted by molar-refractivity contribution is 5.77. The van der Waals surface area contributed by atoms with Crippen molar-refractivity contribution in [1.82, 2.24) is 9.80 Å². The third-order valence-electron chi connectivity index (χ3n) is 5.25. The van der Waals surface area contributed by atoms with Gasteiger partial charge in [0.2, 0.25) is 0 Å². The average molecular weight is 465 g/mol. The van der Waals surface area contributed by atoms with Gasteiger partial charge in [-0.25, -0.2) is 4.79 Å². The molecular formula is C24H36N2O7. The Hall–Kier alpha value is -2.17. The van der Waals surface area contributed by atoms with E-state index in [1.807, 2.05) is 52.1 Å². The van der Waals surface area contributed by atoms with Crippen LogP contribution in [0.15, 0.2) is 23.9 Å². The Kier molecular flexibility index (Phi) is 8.72. The molecule has 1 amide bonds. The van der Waals surface area contributed by atoms with Crippen LogP contribution in [0.25, 0.3) is 6.08 Å². The van der Waals surface area contributed by atoms with Gasteiger partial charge in [-0.2, -0.15) is 0 Å². The van der Waals surface area contributed by atoms with Gasteiger partial charge in [-0.05, 0) is 45.5 Å². The molecule has 0 bridgehead atoms. The Morgan fingerprint density at radius 3 is 2.58 bits per heavy atom. The highest BCUT2D eigenvalue weighted by atomic mass is 16.7. The standard InChI is InChI=1S/C24H36N2O7/c1-24(2,3)33-23(27)26-18(13-25(4)14-21-31-10-11-32-21)12-17-8-7-9-20(29-6)22(17)19(26)15-30-16-28-5/h7-9,12,19,21H,10-11,13-16H2,1-6H3. The van der Waals surface area contributed by atoms with E-state index in [1.54, 1.807) is 19.1 Å². The van der Waals surface area contributed by atoms with Crippen molar-refractivity contribution in [2.75, 3.05) is 61.0 Å². The number of rotatable bonds is 9. The zero-order valence-corrected chi connectivity index (χ0v) is 20.5. The molecule has 0 aromatic heterocycles. The molecule has 0 aliphatic carbocycles. The number of hydrogen-bond donors (Lipinski definition) is 0.